The summed E-state index contributed by atoms with van der Waals surface area (Å²) in [4.78, 5) is 11.4. The van der Waals surface area contributed by atoms with Crippen LogP contribution in [0.15, 0.2) is 12.7 Å². The molecule has 0 aromatic carbocycles. The van der Waals surface area contributed by atoms with Gasteiger partial charge in [-0.1, -0.05) is 6.08 Å². The fraction of sp³-hybridized carbons (Fsp3) is 0.727. The number of carbonyl (C=O) groups excluding carboxylic acids is 1. The predicted molar refractivity (Wildman–Crippen MR) is 69.6 cm³/mol. The lowest BCUT2D eigenvalue weighted by atomic mass is 10.2. The van der Waals surface area contributed by atoms with Crippen LogP contribution < -0.4 is 11.1 Å². The smallest absolute Gasteiger partial charge is 0.237 e. The Kier molecular flexibility index (Phi) is 10.6. The Morgan fingerprint density at radius 2 is 2.38 bits per heavy atom. The van der Waals surface area contributed by atoms with Crippen LogP contribution in [0.1, 0.15) is 12.8 Å². The fourth-order valence-corrected chi connectivity index (χ4v) is 1.51. The first-order chi connectivity index (χ1) is 7.72. The lowest BCUT2D eigenvalue weighted by Crippen LogP contribution is -2.42. The van der Waals surface area contributed by atoms with Gasteiger partial charge in [0.1, 0.15) is 0 Å². The molecule has 94 valence electrons. The first kappa shape index (κ1) is 15.5. The number of rotatable bonds is 10. The van der Waals surface area contributed by atoms with Crippen molar-refractivity contribution in [1.29, 1.82) is 0 Å². The van der Waals surface area contributed by atoms with E-state index < -0.39 is 6.04 Å². The fourth-order valence-electron chi connectivity index (χ4n) is 1.02. The Bertz CT molecular complexity index is 200. The van der Waals surface area contributed by atoms with Crippen molar-refractivity contribution in [2.24, 2.45) is 5.73 Å². The standard InChI is InChI=1S/C11H22N2O2S/c1-3-4-7-15-8-6-13-11(14)10(12)5-9-16-2/h3,10H,1,4-9,12H2,2H3,(H,13,14)/t10-/m0/s1. The number of hydrogen-bond donors (Lipinski definition) is 2. The molecule has 0 saturated heterocycles. The molecule has 0 radical (unpaired) electrons. The number of nitrogens with one attached hydrogen (secondary N) is 1. The molecule has 0 aromatic rings. The number of amides is 1. The third-order valence-electron chi connectivity index (χ3n) is 1.98. The number of nitrogens with two attached hydrogens (primary N) is 1. The Balaban J connectivity index is 3.38. The summed E-state index contributed by atoms with van der Waals surface area (Å²) in [7, 11) is 0. The van der Waals surface area contributed by atoms with Gasteiger partial charge in [-0.05, 0) is 24.9 Å². The molecular formula is C11H22N2O2S. The van der Waals surface area contributed by atoms with Crippen molar-refractivity contribution in [3.05, 3.63) is 12.7 Å². The van der Waals surface area contributed by atoms with E-state index in [-0.39, 0.29) is 5.91 Å². The maximum atomic E-state index is 11.4. The summed E-state index contributed by atoms with van der Waals surface area (Å²) in [6.07, 6.45) is 5.35. The van der Waals surface area contributed by atoms with Crippen LogP contribution in [0, 0.1) is 0 Å². The van der Waals surface area contributed by atoms with E-state index in [1.54, 1.807) is 17.8 Å². The molecule has 16 heavy (non-hydrogen) atoms. The van der Waals surface area contributed by atoms with Crippen LogP contribution in [0.2, 0.25) is 0 Å². The molecule has 0 saturated carbocycles. The molecule has 0 aromatic heterocycles. The van der Waals surface area contributed by atoms with Crippen LogP contribution in [0.25, 0.3) is 0 Å². The van der Waals surface area contributed by atoms with Gasteiger partial charge in [0.2, 0.25) is 5.91 Å². The van der Waals surface area contributed by atoms with Gasteiger partial charge >= 0.3 is 0 Å². The quantitative estimate of drug-likeness (QED) is 0.441. The van der Waals surface area contributed by atoms with Crippen LogP contribution in [0.3, 0.4) is 0 Å². The average Bonchev–Trinajstić information content (AvgIpc) is 2.30. The number of thioether (sulfide) groups is 1. The molecule has 0 aliphatic carbocycles. The van der Waals surface area contributed by atoms with Gasteiger partial charge in [0.25, 0.3) is 0 Å². The lowest BCUT2D eigenvalue weighted by Gasteiger charge is -2.11. The molecule has 1 atom stereocenters. The van der Waals surface area contributed by atoms with Gasteiger partial charge in [-0.3, -0.25) is 4.79 Å². The summed E-state index contributed by atoms with van der Waals surface area (Å²) in [5, 5.41) is 2.74. The molecule has 0 bridgehead atoms. The summed E-state index contributed by atoms with van der Waals surface area (Å²) in [5.74, 6) is 0.811. The molecule has 0 rings (SSSR count). The highest BCUT2D eigenvalue weighted by Gasteiger charge is 2.11. The third kappa shape index (κ3) is 8.76. The van der Waals surface area contributed by atoms with Crippen LogP contribution in [-0.4, -0.2) is 43.7 Å². The van der Waals surface area contributed by atoms with Gasteiger partial charge in [-0.25, -0.2) is 0 Å². The van der Waals surface area contributed by atoms with Gasteiger partial charge in [0.05, 0.1) is 19.3 Å². The lowest BCUT2D eigenvalue weighted by molar-refractivity contribution is -0.122. The minimum absolute atomic E-state index is 0.0960. The van der Waals surface area contributed by atoms with Crippen LogP contribution in [0.5, 0.6) is 0 Å². The molecule has 0 aliphatic heterocycles. The number of ether oxygens (including phenoxy) is 1. The Morgan fingerprint density at radius 1 is 1.62 bits per heavy atom. The van der Waals surface area contributed by atoms with Crippen molar-refractivity contribution in [3.8, 4) is 0 Å². The third-order valence-corrected chi connectivity index (χ3v) is 2.63. The second kappa shape index (κ2) is 11.0. The van der Waals surface area contributed by atoms with Crippen molar-refractivity contribution >= 4 is 17.7 Å². The van der Waals surface area contributed by atoms with E-state index >= 15 is 0 Å². The van der Waals surface area contributed by atoms with Crippen molar-refractivity contribution in [2.75, 3.05) is 31.8 Å². The van der Waals surface area contributed by atoms with Crippen molar-refractivity contribution in [1.82, 2.24) is 5.32 Å². The molecular weight excluding hydrogens is 224 g/mol. The highest BCUT2D eigenvalue weighted by atomic mass is 32.2. The zero-order valence-electron chi connectivity index (χ0n) is 9.91. The molecule has 0 unspecified atom stereocenters. The van der Waals surface area contributed by atoms with E-state index in [0.717, 1.165) is 12.2 Å². The van der Waals surface area contributed by atoms with Crippen LogP contribution in [-0.2, 0) is 9.53 Å². The first-order valence-electron chi connectivity index (χ1n) is 5.43. The van der Waals surface area contributed by atoms with E-state index in [4.69, 9.17) is 10.5 Å². The SMILES string of the molecule is C=CCCOCCNC(=O)[C@@H](N)CCSC. The maximum Gasteiger partial charge on any atom is 0.237 e. The first-order valence-corrected chi connectivity index (χ1v) is 6.82. The molecule has 0 spiro atoms. The summed E-state index contributed by atoms with van der Waals surface area (Å²) in [6, 6.07) is -0.402. The van der Waals surface area contributed by atoms with E-state index in [0.29, 0.717) is 26.2 Å². The van der Waals surface area contributed by atoms with Gasteiger partial charge in [0, 0.05) is 6.54 Å². The molecule has 4 nitrogen and oxygen atoms in total. The summed E-state index contributed by atoms with van der Waals surface area (Å²) >= 11 is 1.69. The highest BCUT2D eigenvalue weighted by molar-refractivity contribution is 7.98. The summed E-state index contributed by atoms with van der Waals surface area (Å²) in [6.45, 7) is 5.28. The molecule has 1 amide bonds. The molecule has 3 N–H and O–H groups in total. The van der Waals surface area contributed by atoms with Gasteiger partial charge < -0.3 is 15.8 Å². The molecule has 0 heterocycles. The highest BCUT2D eigenvalue weighted by Crippen LogP contribution is 1.98. The Hall–Kier alpha value is -0.520. The van der Waals surface area contributed by atoms with Crippen LogP contribution >= 0.6 is 11.8 Å². The second-order valence-corrected chi connectivity index (χ2v) is 4.35. The van der Waals surface area contributed by atoms with Gasteiger partial charge in [0.15, 0.2) is 0 Å². The largest absolute Gasteiger partial charge is 0.379 e. The molecule has 0 fully saturated rings. The monoisotopic (exact) mass is 246 g/mol. The average molecular weight is 246 g/mol. The van der Waals surface area contributed by atoms with E-state index in [9.17, 15) is 4.79 Å². The van der Waals surface area contributed by atoms with Crippen molar-refractivity contribution in [3.63, 3.8) is 0 Å². The van der Waals surface area contributed by atoms with E-state index in [1.165, 1.54) is 0 Å². The second-order valence-electron chi connectivity index (χ2n) is 3.37. The van der Waals surface area contributed by atoms with Gasteiger partial charge in [-0.15, -0.1) is 6.58 Å². The Morgan fingerprint density at radius 3 is 3.00 bits per heavy atom. The van der Waals surface area contributed by atoms with E-state index in [2.05, 4.69) is 11.9 Å². The number of carbonyl (C=O) groups is 1. The zero-order valence-corrected chi connectivity index (χ0v) is 10.7. The molecule has 0 aliphatic rings. The summed E-state index contributed by atoms with van der Waals surface area (Å²) < 4.78 is 5.25. The topological polar surface area (TPSA) is 64.3 Å². The Labute approximate surface area is 102 Å². The minimum Gasteiger partial charge on any atom is -0.379 e. The minimum atomic E-state index is -0.402. The zero-order chi connectivity index (χ0) is 12.2. The van der Waals surface area contributed by atoms with E-state index in [1.807, 2.05) is 6.26 Å². The number of hydrogen-bond acceptors (Lipinski definition) is 4. The van der Waals surface area contributed by atoms with Gasteiger partial charge in [-0.2, -0.15) is 11.8 Å². The van der Waals surface area contributed by atoms with Crippen molar-refractivity contribution < 1.29 is 9.53 Å². The van der Waals surface area contributed by atoms with Crippen molar-refractivity contribution in [2.45, 2.75) is 18.9 Å². The normalized spacial score (nSPS) is 12.1. The van der Waals surface area contributed by atoms with Crippen LogP contribution in [0.4, 0.5) is 0 Å². The maximum absolute atomic E-state index is 11.4. The predicted octanol–water partition coefficient (Wildman–Crippen LogP) is 0.776. The molecule has 5 heteroatoms. The summed E-state index contributed by atoms with van der Waals surface area (Å²) in [5.41, 5.74) is 5.69.